The van der Waals surface area contributed by atoms with Gasteiger partial charge >= 0.3 is 0 Å². The van der Waals surface area contributed by atoms with Gasteiger partial charge < -0.3 is 5.32 Å². The van der Waals surface area contributed by atoms with Gasteiger partial charge in [-0.2, -0.15) is 0 Å². The zero-order valence-electron chi connectivity index (χ0n) is 12.1. The fourth-order valence-corrected chi connectivity index (χ4v) is 3.66. The number of nitrogens with zero attached hydrogens (tertiary/aromatic N) is 1. The van der Waals surface area contributed by atoms with E-state index < -0.39 is 0 Å². The van der Waals surface area contributed by atoms with Gasteiger partial charge in [0.1, 0.15) is 10.8 Å². The lowest BCUT2D eigenvalue weighted by molar-refractivity contribution is 0.563. The predicted molar refractivity (Wildman–Crippen MR) is 86.7 cm³/mol. The average molecular weight is 357 g/mol. The Morgan fingerprint density at radius 1 is 1.35 bits per heavy atom. The number of benzene rings is 1. The second-order valence-corrected chi connectivity index (χ2v) is 7.69. The summed E-state index contributed by atoms with van der Waals surface area (Å²) in [6, 6.07) is 4.95. The van der Waals surface area contributed by atoms with E-state index >= 15 is 0 Å². The van der Waals surface area contributed by atoms with Gasteiger partial charge in [0, 0.05) is 26.9 Å². The van der Waals surface area contributed by atoms with Crippen LogP contribution < -0.4 is 5.32 Å². The Kier molecular flexibility index (Phi) is 4.62. The molecule has 0 bridgehead atoms. The molecule has 1 N–H and O–H groups in total. The van der Waals surface area contributed by atoms with Gasteiger partial charge in [0.25, 0.3) is 0 Å². The number of nitrogens with one attached hydrogen (secondary N) is 1. The molecule has 0 aliphatic heterocycles. The van der Waals surface area contributed by atoms with Gasteiger partial charge in [-0.15, -0.1) is 11.3 Å². The number of thiazole rings is 1. The number of halogens is 2. The van der Waals surface area contributed by atoms with Crippen LogP contribution in [0.5, 0.6) is 0 Å². The zero-order chi connectivity index (χ0) is 14.9. The first-order chi connectivity index (χ1) is 9.32. The van der Waals surface area contributed by atoms with Crippen molar-refractivity contribution in [3.05, 3.63) is 39.1 Å². The van der Waals surface area contributed by atoms with E-state index in [-0.39, 0.29) is 11.2 Å². The van der Waals surface area contributed by atoms with Gasteiger partial charge in [-0.25, -0.2) is 9.37 Å². The summed E-state index contributed by atoms with van der Waals surface area (Å²) < 4.78 is 14.9. The number of aromatic nitrogens is 1. The number of rotatable bonds is 3. The highest BCUT2D eigenvalue weighted by Crippen LogP contribution is 2.36. The molecule has 1 aromatic heterocycles. The lowest BCUT2D eigenvalue weighted by Crippen LogP contribution is -2.16. The normalized spacial score (nSPS) is 11.9. The maximum atomic E-state index is 14.0. The summed E-state index contributed by atoms with van der Waals surface area (Å²) in [5, 5.41) is 3.89. The molecule has 1 aromatic carbocycles. The van der Waals surface area contributed by atoms with Crippen LogP contribution >= 0.6 is 27.3 Å². The first-order valence-electron chi connectivity index (χ1n) is 6.43. The molecule has 2 aromatic rings. The Bertz CT molecular complexity index is 617. The zero-order valence-corrected chi connectivity index (χ0v) is 14.5. The van der Waals surface area contributed by atoms with Crippen molar-refractivity contribution < 1.29 is 4.39 Å². The first kappa shape index (κ1) is 15.6. The number of hydrogen-bond acceptors (Lipinski definition) is 3. The van der Waals surface area contributed by atoms with E-state index in [0.717, 1.165) is 26.6 Å². The highest BCUT2D eigenvalue weighted by Gasteiger charge is 2.24. The van der Waals surface area contributed by atoms with Gasteiger partial charge in [0.2, 0.25) is 0 Å². The molecule has 0 radical (unpaired) electrons. The summed E-state index contributed by atoms with van der Waals surface area (Å²) in [5.41, 5.74) is 1.53. The lowest BCUT2D eigenvalue weighted by Gasteiger charge is -2.17. The molecule has 0 atom stereocenters. The van der Waals surface area contributed by atoms with Crippen LogP contribution in [0, 0.1) is 5.82 Å². The van der Waals surface area contributed by atoms with Crippen LogP contribution in [0.1, 0.15) is 31.3 Å². The molecule has 0 fully saturated rings. The Hall–Kier alpha value is -0.780. The quantitative estimate of drug-likeness (QED) is 0.859. The van der Waals surface area contributed by atoms with Crippen molar-refractivity contribution in [3.63, 3.8) is 0 Å². The van der Waals surface area contributed by atoms with Crippen molar-refractivity contribution in [1.29, 1.82) is 0 Å². The summed E-state index contributed by atoms with van der Waals surface area (Å²) >= 11 is 4.94. The fraction of sp³-hybridized carbons (Fsp3) is 0.400. The SMILES string of the molecule is CNCc1sc(-c2cc(Br)ccc2F)nc1C(C)(C)C. The van der Waals surface area contributed by atoms with Gasteiger partial charge in [0.15, 0.2) is 0 Å². The Balaban J connectivity index is 2.55. The first-order valence-corrected chi connectivity index (χ1v) is 8.04. The summed E-state index contributed by atoms with van der Waals surface area (Å²) in [5.74, 6) is -0.238. The van der Waals surface area contributed by atoms with E-state index in [2.05, 4.69) is 47.0 Å². The highest BCUT2D eigenvalue weighted by molar-refractivity contribution is 9.10. The summed E-state index contributed by atoms with van der Waals surface area (Å²) in [4.78, 5) is 5.85. The summed E-state index contributed by atoms with van der Waals surface area (Å²) in [7, 11) is 1.91. The molecule has 0 amide bonds. The molecular weight excluding hydrogens is 339 g/mol. The third kappa shape index (κ3) is 3.27. The second-order valence-electron chi connectivity index (χ2n) is 5.70. The topological polar surface area (TPSA) is 24.9 Å². The minimum atomic E-state index is -0.238. The van der Waals surface area contributed by atoms with Crippen LogP contribution in [-0.2, 0) is 12.0 Å². The molecule has 5 heteroatoms. The van der Waals surface area contributed by atoms with Gasteiger partial charge in [-0.05, 0) is 25.2 Å². The van der Waals surface area contributed by atoms with E-state index in [0.29, 0.717) is 5.56 Å². The van der Waals surface area contributed by atoms with E-state index in [1.165, 1.54) is 6.07 Å². The summed E-state index contributed by atoms with van der Waals surface area (Å²) in [6.07, 6.45) is 0. The minimum Gasteiger partial charge on any atom is -0.315 e. The molecule has 0 saturated carbocycles. The van der Waals surface area contributed by atoms with Crippen molar-refractivity contribution in [3.8, 4) is 10.6 Å². The molecule has 0 saturated heterocycles. The molecule has 0 spiro atoms. The minimum absolute atomic E-state index is 0.0522. The predicted octanol–water partition coefficient (Wildman–Crippen LogP) is 4.73. The summed E-state index contributed by atoms with van der Waals surface area (Å²) in [6.45, 7) is 7.13. The fourth-order valence-electron chi connectivity index (χ4n) is 1.99. The van der Waals surface area contributed by atoms with Crippen molar-refractivity contribution in [2.45, 2.75) is 32.7 Å². The van der Waals surface area contributed by atoms with Crippen molar-refractivity contribution in [2.24, 2.45) is 0 Å². The van der Waals surface area contributed by atoms with Crippen LogP contribution in [0.2, 0.25) is 0 Å². The van der Waals surface area contributed by atoms with Gasteiger partial charge in [0.05, 0.1) is 5.69 Å². The maximum absolute atomic E-state index is 14.0. The van der Waals surface area contributed by atoms with Crippen molar-refractivity contribution >= 4 is 27.3 Å². The van der Waals surface area contributed by atoms with E-state index in [4.69, 9.17) is 0 Å². The van der Waals surface area contributed by atoms with Gasteiger partial charge in [-0.1, -0.05) is 36.7 Å². The third-order valence-electron chi connectivity index (χ3n) is 2.90. The lowest BCUT2D eigenvalue weighted by atomic mass is 9.91. The third-order valence-corrected chi connectivity index (χ3v) is 4.49. The second kappa shape index (κ2) is 5.92. The smallest absolute Gasteiger partial charge is 0.133 e. The molecule has 0 unspecified atom stereocenters. The van der Waals surface area contributed by atoms with Crippen LogP contribution in [-0.4, -0.2) is 12.0 Å². The highest BCUT2D eigenvalue weighted by atomic mass is 79.9. The maximum Gasteiger partial charge on any atom is 0.133 e. The Morgan fingerprint density at radius 2 is 2.05 bits per heavy atom. The average Bonchev–Trinajstić information content (AvgIpc) is 2.76. The standard InChI is InChI=1S/C15H18BrFN2S/c1-15(2,3)13-12(8-18-4)20-14(19-13)10-7-9(16)5-6-11(10)17/h5-7,18H,8H2,1-4H3. The van der Waals surface area contributed by atoms with E-state index in [9.17, 15) is 4.39 Å². The largest absolute Gasteiger partial charge is 0.315 e. The monoisotopic (exact) mass is 356 g/mol. The molecule has 20 heavy (non-hydrogen) atoms. The molecule has 2 rings (SSSR count). The Labute approximate surface area is 131 Å². The van der Waals surface area contributed by atoms with Crippen LogP contribution in [0.3, 0.4) is 0 Å². The number of hydrogen-bond donors (Lipinski definition) is 1. The molecule has 108 valence electrons. The van der Waals surface area contributed by atoms with E-state index in [1.807, 2.05) is 7.05 Å². The molecular formula is C15H18BrFN2S. The van der Waals surface area contributed by atoms with E-state index in [1.54, 1.807) is 23.5 Å². The van der Waals surface area contributed by atoms with Crippen molar-refractivity contribution in [2.75, 3.05) is 7.05 Å². The van der Waals surface area contributed by atoms with Gasteiger partial charge in [-0.3, -0.25) is 0 Å². The molecule has 0 aliphatic rings. The van der Waals surface area contributed by atoms with Crippen LogP contribution in [0.4, 0.5) is 4.39 Å². The Morgan fingerprint density at radius 3 is 2.65 bits per heavy atom. The van der Waals surface area contributed by atoms with Crippen molar-refractivity contribution in [1.82, 2.24) is 10.3 Å². The van der Waals surface area contributed by atoms with Crippen LogP contribution in [0.15, 0.2) is 22.7 Å². The molecule has 2 nitrogen and oxygen atoms in total. The molecule has 0 aliphatic carbocycles. The molecule has 1 heterocycles. The van der Waals surface area contributed by atoms with Crippen LogP contribution in [0.25, 0.3) is 10.6 Å².